The summed E-state index contributed by atoms with van der Waals surface area (Å²) in [7, 11) is 0. The molecular formula is C13H18N2O3. The van der Waals surface area contributed by atoms with Crippen LogP contribution in [0.5, 0.6) is 0 Å². The molecule has 1 unspecified atom stereocenters. The van der Waals surface area contributed by atoms with Crippen LogP contribution in [0.1, 0.15) is 29.3 Å². The lowest BCUT2D eigenvalue weighted by Gasteiger charge is -2.12. The van der Waals surface area contributed by atoms with Crippen LogP contribution < -0.4 is 11.1 Å². The third kappa shape index (κ3) is 3.56. The number of amides is 1. The van der Waals surface area contributed by atoms with Gasteiger partial charge in [-0.1, -0.05) is 6.92 Å². The maximum atomic E-state index is 11.7. The van der Waals surface area contributed by atoms with Crippen molar-refractivity contribution in [2.45, 2.75) is 20.3 Å². The molecule has 0 saturated heterocycles. The molecule has 1 aromatic carbocycles. The summed E-state index contributed by atoms with van der Waals surface area (Å²) in [6, 6.07) is 4.72. The molecule has 0 bridgehead atoms. The van der Waals surface area contributed by atoms with E-state index in [0.717, 1.165) is 0 Å². The maximum absolute atomic E-state index is 11.7. The fourth-order valence-electron chi connectivity index (χ4n) is 1.63. The number of benzene rings is 1. The van der Waals surface area contributed by atoms with Crippen molar-refractivity contribution < 1.29 is 14.7 Å². The molecule has 0 radical (unpaired) electrons. The molecule has 0 fully saturated rings. The minimum atomic E-state index is -0.970. The standard InChI is InChI=1S/C13H18N2O3/c1-8(5-6-14)12(16)15-10-3-4-11(13(17)18)9(2)7-10/h3-4,7-8H,5-6,14H2,1-2H3,(H,15,16)(H,17,18). The molecule has 0 aliphatic heterocycles. The summed E-state index contributed by atoms with van der Waals surface area (Å²) in [6.45, 7) is 3.97. The molecule has 1 atom stereocenters. The van der Waals surface area contributed by atoms with Crippen molar-refractivity contribution in [2.24, 2.45) is 11.7 Å². The van der Waals surface area contributed by atoms with Gasteiger partial charge in [0, 0.05) is 11.6 Å². The highest BCUT2D eigenvalue weighted by atomic mass is 16.4. The normalized spacial score (nSPS) is 11.9. The van der Waals surface area contributed by atoms with Gasteiger partial charge in [-0.15, -0.1) is 0 Å². The van der Waals surface area contributed by atoms with Crippen LogP contribution >= 0.6 is 0 Å². The maximum Gasteiger partial charge on any atom is 0.335 e. The van der Waals surface area contributed by atoms with E-state index in [1.165, 1.54) is 6.07 Å². The molecule has 0 saturated carbocycles. The lowest BCUT2D eigenvalue weighted by Crippen LogP contribution is -2.22. The van der Waals surface area contributed by atoms with Gasteiger partial charge in [0.05, 0.1) is 5.56 Å². The lowest BCUT2D eigenvalue weighted by molar-refractivity contribution is -0.119. The molecule has 0 spiro atoms. The molecule has 0 aliphatic rings. The Kier molecular flexibility index (Phi) is 4.85. The summed E-state index contributed by atoms with van der Waals surface area (Å²) in [5.41, 5.74) is 6.85. The third-order valence-corrected chi connectivity index (χ3v) is 2.77. The molecule has 0 heterocycles. The largest absolute Gasteiger partial charge is 0.478 e. The van der Waals surface area contributed by atoms with Crippen LogP contribution in [0.4, 0.5) is 5.69 Å². The number of carbonyl (C=O) groups excluding carboxylic acids is 1. The summed E-state index contributed by atoms with van der Waals surface area (Å²) in [5, 5.41) is 11.6. The van der Waals surface area contributed by atoms with Crippen LogP contribution in [-0.2, 0) is 4.79 Å². The molecule has 1 rings (SSSR count). The van der Waals surface area contributed by atoms with Crippen LogP contribution in [-0.4, -0.2) is 23.5 Å². The van der Waals surface area contributed by atoms with E-state index in [-0.39, 0.29) is 17.4 Å². The molecule has 5 heteroatoms. The minimum absolute atomic E-state index is 0.108. The molecule has 1 amide bonds. The quantitative estimate of drug-likeness (QED) is 0.740. The first-order chi connectivity index (χ1) is 8.45. The van der Waals surface area contributed by atoms with Crippen molar-refractivity contribution in [2.75, 3.05) is 11.9 Å². The Balaban J connectivity index is 2.77. The predicted molar refractivity (Wildman–Crippen MR) is 69.6 cm³/mol. The van der Waals surface area contributed by atoms with Crippen molar-refractivity contribution in [3.8, 4) is 0 Å². The molecular weight excluding hydrogens is 232 g/mol. The van der Waals surface area contributed by atoms with Crippen LogP contribution in [0, 0.1) is 12.8 Å². The number of hydrogen-bond donors (Lipinski definition) is 3. The number of nitrogens with one attached hydrogen (secondary N) is 1. The molecule has 0 aliphatic carbocycles. The van der Waals surface area contributed by atoms with Gasteiger partial charge >= 0.3 is 5.97 Å². The van der Waals surface area contributed by atoms with Crippen molar-refractivity contribution in [1.82, 2.24) is 0 Å². The number of carboxylic acids is 1. The second-order valence-electron chi connectivity index (χ2n) is 4.30. The van der Waals surface area contributed by atoms with Crippen LogP contribution in [0.25, 0.3) is 0 Å². The second kappa shape index (κ2) is 6.16. The zero-order valence-corrected chi connectivity index (χ0v) is 10.6. The summed E-state index contributed by atoms with van der Waals surface area (Å²) in [5.74, 6) is -1.24. The van der Waals surface area contributed by atoms with E-state index in [2.05, 4.69) is 5.32 Å². The molecule has 0 aromatic heterocycles. The number of carboxylic acid groups (broad SMARTS) is 1. The Labute approximate surface area is 106 Å². The average molecular weight is 250 g/mol. The minimum Gasteiger partial charge on any atom is -0.478 e. The highest BCUT2D eigenvalue weighted by molar-refractivity contribution is 5.94. The molecule has 1 aromatic rings. The van der Waals surface area contributed by atoms with Crippen LogP contribution in [0.15, 0.2) is 18.2 Å². The van der Waals surface area contributed by atoms with E-state index in [9.17, 15) is 9.59 Å². The Bertz CT molecular complexity index is 458. The summed E-state index contributed by atoms with van der Waals surface area (Å²) in [4.78, 5) is 22.6. The molecule has 4 N–H and O–H groups in total. The highest BCUT2D eigenvalue weighted by Gasteiger charge is 2.13. The van der Waals surface area contributed by atoms with Crippen molar-refractivity contribution in [1.29, 1.82) is 0 Å². The fraction of sp³-hybridized carbons (Fsp3) is 0.385. The van der Waals surface area contributed by atoms with E-state index in [0.29, 0.717) is 24.2 Å². The summed E-state index contributed by atoms with van der Waals surface area (Å²) in [6.07, 6.45) is 0.623. The van der Waals surface area contributed by atoms with E-state index in [1.54, 1.807) is 26.0 Å². The van der Waals surface area contributed by atoms with Gasteiger partial charge in [-0.25, -0.2) is 4.79 Å². The summed E-state index contributed by atoms with van der Waals surface area (Å²) >= 11 is 0. The number of nitrogens with two attached hydrogens (primary N) is 1. The fourth-order valence-corrected chi connectivity index (χ4v) is 1.63. The smallest absolute Gasteiger partial charge is 0.335 e. The number of hydrogen-bond acceptors (Lipinski definition) is 3. The van der Waals surface area contributed by atoms with Crippen molar-refractivity contribution >= 4 is 17.6 Å². The number of aryl methyl sites for hydroxylation is 1. The molecule has 18 heavy (non-hydrogen) atoms. The van der Waals surface area contributed by atoms with Gasteiger partial charge < -0.3 is 16.2 Å². The van der Waals surface area contributed by atoms with Crippen molar-refractivity contribution in [3.05, 3.63) is 29.3 Å². The number of carbonyl (C=O) groups is 2. The Morgan fingerprint density at radius 3 is 2.61 bits per heavy atom. The second-order valence-corrected chi connectivity index (χ2v) is 4.30. The van der Waals surface area contributed by atoms with Gasteiger partial charge in [0.15, 0.2) is 0 Å². The first-order valence-corrected chi connectivity index (χ1v) is 5.80. The molecule has 5 nitrogen and oxygen atoms in total. The Morgan fingerprint density at radius 1 is 1.44 bits per heavy atom. The lowest BCUT2D eigenvalue weighted by atomic mass is 10.1. The van der Waals surface area contributed by atoms with E-state index in [1.807, 2.05) is 0 Å². The SMILES string of the molecule is Cc1cc(NC(=O)C(C)CCN)ccc1C(=O)O. The van der Waals surface area contributed by atoms with Gasteiger partial charge in [-0.05, 0) is 43.7 Å². The van der Waals surface area contributed by atoms with E-state index < -0.39 is 5.97 Å². The van der Waals surface area contributed by atoms with Crippen LogP contribution in [0.2, 0.25) is 0 Å². The van der Waals surface area contributed by atoms with Crippen LogP contribution in [0.3, 0.4) is 0 Å². The monoisotopic (exact) mass is 250 g/mol. The zero-order valence-electron chi connectivity index (χ0n) is 10.6. The van der Waals surface area contributed by atoms with Gasteiger partial charge in [0.2, 0.25) is 5.91 Å². The number of anilines is 1. The van der Waals surface area contributed by atoms with Gasteiger partial charge in [0.1, 0.15) is 0 Å². The van der Waals surface area contributed by atoms with Gasteiger partial charge in [0.25, 0.3) is 0 Å². The van der Waals surface area contributed by atoms with Gasteiger partial charge in [-0.3, -0.25) is 4.79 Å². The number of aromatic carboxylic acids is 1. The van der Waals surface area contributed by atoms with E-state index >= 15 is 0 Å². The highest BCUT2D eigenvalue weighted by Crippen LogP contribution is 2.16. The Hall–Kier alpha value is -1.88. The first-order valence-electron chi connectivity index (χ1n) is 5.80. The summed E-state index contributed by atoms with van der Waals surface area (Å²) < 4.78 is 0. The third-order valence-electron chi connectivity index (χ3n) is 2.77. The average Bonchev–Trinajstić information content (AvgIpc) is 2.28. The predicted octanol–water partition coefficient (Wildman–Crippen LogP) is 1.62. The Morgan fingerprint density at radius 2 is 2.11 bits per heavy atom. The topological polar surface area (TPSA) is 92.4 Å². The van der Waals surface area contributed by atoms with Gasteiger partial charge in [-0.2, -0.15) is 0 Å². The zero-order chi connectivity index (χ0) is 13.7. The number of rotatable bonds is 5. The first kappa shape index (κ1) is 14.2. The van der Waals surface area contributed by atoms with E-state index in [4.69, 9.17) is 10.8 Å². The van der Waals surface area contributed by atoms with Crippen molar-refractivity contribution in [3.63, 3.8) is 0 Å². The molecule has 98 valence electrons.